The Hall–Kier alpha value is -3.90. The molecule has 0 saturated carbocycles. The highest BCUT2D eigenvalue weighted by atomic mass is 16.3. The molecule has 0 aliphatic rings. The molecule has 0 bridgehead atoms. The van der Waals surface area contributed by atoms with Gasteiger partial charge in [-0.05, 0) is 55.8 Å². The number of carbonyl (C=O) groups excluding carboxylic acids is 1. The number of nitrogens with zero attached hydrogens (tertiary/aromatic N) is 2. The van der Waals surface area contributed by atoms with E-state index in [0.717, 1.165) is 30.6 Å². The van der Waals surface area contributed by atoms with Crippen LogP contribution in [0.4, 0.5) is 5.69 Å². The zero-order valence-corrected chi connectivity index (χ0v) is 18.9. The van der Waals surface area contributed by atoms with Gasteiger partial charge in [-0.25, -0.2) is 0 Å². The first-order chi connectivity index (χ1) is 15.9. The number of nitrogens with one attached hydrogen (secondary N) is 1. The van der Waals surface area contributed by atoms with Gasteiger partial charge in [0, 0.05) is 29.6 Å². The van der Waals surface area contributed by atoms with Gasteiger partial charge >= 0.3 is 0 Å². The number of hydrogen-bond acceptors (Lipinski definition) is 4. The van der Waals surface area contributed by atoms with E-state index >= 15 is 0 Å². The molecule has 0 unspecified atom stereocenters. The van der Waals surface area contributed by atoms with Gasteiger partial charge in [0.25, 0.3) is 0 Å². The number of aromatic nitrogens is 1. The number of aromatic hydroxyl groups is 1. The van der Waals surface area contributed by atoms with E-state index in [9.17, 15) is 9.90 Å². The smallest absolute Gasteiger partial charge is 0.248 e. The van der Waals surface area contributed by atoms with E-state index in [2.05, 4.69) is 53.3 Å². The highest BCUT2D eigenvalue weighted by Crippen LogP contribution is 2.30. The standard InChI is InChI=1S/C27H28N4O2/c1-18(25-23-13-10-21(26(28)32)16-24(23)30-27(25)33)29-22-11-8-20(9-12-22)17-31(2)15-14-19-6-4-3-5-7-19/h3-13,16,30,33H,14-15,17H2,1-2H3,(H2,28,32). The molecule has 0 aliphatic heterocycles. The molecule has 3 aromatic carbocycles. The van der Waals surface area contributed by atoms with E-state index < -0.39 is 5.91 Å². The maximum Gasteiger partial charge on any atom is 0.248 e. The fraction of sp³-hybridized carbons (Fsp3) is 0.185. The zero-order chi connectivity index (χ0) is 23.4. The minimum absolute atomic E-state index is 0.0181. The van der Waals surface area contributed by atoms with Crippen LogP contribution < -0.4 is 5.73 Å². The summed E-state index contributed by atoms with van der Waals surface area (Å²) in [6.07, 6.45) is 1.02. The largest absolute Gasteiger partial charge is 0.494 e. The Balaban J connectivity index is 1.45. The van der Waals surface area contributed by atoms with Crippen molar-refractivity contribution < 1.29 is 9.90 Å². The summed E-state index contributed by atoms with van der Waals surface area (Å²) in [6, 6.07) is 23.7. The van der Waals surface area contributed by atoms with E-state index in [4.69, 9.17) is 10.7 Å². The zero-order valence-electron chi connectivity index (χ0n) is 18.9. The molecule has 33 heavy (non-hydrogen) atoms. The normalized spacial score (nSPS) is 11.9. The van der Waals surface area contributed by atoms with E-state index in [0.29, 0.717) is 22.4 Å². The fourth-order valence-electron chi connectivity index (χ4n) is 3.98. The molecule has 4 rings (SSSR count). The van der Waals surface area contributed by atoms with Crippen LogP contribution in [0.5, 0.6) is 5.88 Å². The quantitative estimate of drug-likeness (QED) is 0.344. The molecular formula is C27H28N4O2. The summed E-state index contributed by atoms with van der Waals surface area (Å²) in [6.45, 7) is 3.71. The number of amides is 1. The van der Waals surface area contributed by atoms with Crippen LogP contribution in [0.2, 0.25) is 0 Å². The predicted molar refractivity (Wildman–Crippen MR) is 133 cm³/mol. The van der Waals surface area contributed by atoms with Gasteiger partial charge in [-0.2, -0.15) is 0 Å². The maximum atomic E-state index is 11.4. The number of carbonyl (C=O) groups is 1. The van der Waals surface area contributed by atoms with Crippen LogP contribution in [0.1, 0.15) is 34.0 Å². The number of benzene rings is 3. The van der Waals surface area contributed by atoms with Crippen molar-refractivity contribution in [3.8, 4) is 5.88 Å². The topological polar surface area (TPSA) is 94.7 Å². The molecule has 6 nitrogen and oxygen atoms in total. The van der Waals surface area contributed by atoms with E-state index in [1.807, 2.05) is 25.1 Å². The highest BCUT2D eigenvalue weighted by molar-refractivity contribution is 6.13. The van der Waals surface area contributed by atoms with Crippen LogP contribution >= 0.6 is 0 Å². The molecule has 0 saturated heterocycles. The molecule has 1 aromatic heterocycles. The first kappa shape index (κ1) is 22.3. The third-order valence-electron chi connectivity index (χ3n) is 5.74. The molecule has 4 aromatic rings. The number of aromatic amines is 1. The van der Waals surface area contributed by atoms with Crippen LogP contribution in [0.25, 0.3) is 10.9 Å². The summed E-state index contributed by atoms with van der Waals surface area (Å²) in [5.41, 5.74) is 11.0. The number of aliphatic imine (C=N–C) groups is 1. The summed E-state index contributed by atoms with van der Waals surface area (Å²) in [5.74, 6) is -0.492. The van der Waals surface area contributed by atoms with Crippen molar-refractivity contribution in [3.63, 3.8) is 0 Å². The molecule has 6 heteroatoms. The van der Waals surface area contributed by atoms with Gasteiger partial charge in [-0.3, -0.25) is 9.79 Å². The van der Waals surface area contributed by atoms with E-state index in [-0.39, 0.29) is 5.88 Å². The number of H-pyrrole nitrogens is 1. The highest BCUT2D eigenvalue weighted by Gasteiger charge is 2.15. The molecule has 0 radical (unpaired) electrons. The monoisotopic (exact) mass is 440 g/mol. The van der Waals surface area contributed by atoms with Gasteiger partial charge < -0.3 is 20.7 Å². The molecule has 1 amide bonds. The van der Waals surface area contributed by atoms with E-state index in [1.165, 1.54) is 11.1 Å². The van der Waals surface area contributed by atoms with Gasteiger partial charge in [0.2, 0.25) is 5.91 Å². The Morgan fingerprint density at radius 3 is 2.45 bits per heavy atom. The number of hydrogen-bond donors (Lipinski definition) is 3. The second-order valence-corrected chi connectivity index (χ2v) is 8.31. The van der Waals surface area contributed by atoms with Crippen molar-refractivity contribution in [2.75, 3.05) is 13.6 Å². The van der Waals surface area contributed by atoms with Crippen LogP contribution in [0.3, 0.4) is 0 Å². The predicted octanol–water partition coefficient (Wildman–Crippen LogP) is 4.79. The van der Waals surface area contributed by atoms with Crippen molar-refractivity contribution in [2.24, 2.45) is 10.7 Å². The number of rotatable bonds is 8. The fourth-order valence-corrected chi connectivity index (χ4v) is 3.98. The van der Waals surface area contributed by atoms with Gasteiger partial charge in [0.15, 0.2) is 5.88 Å². The first-order valence-corrected chi connectivity index (χ1v) is 10.9. The Kier molecular flexibility index (Phi) is 6.56. The van der Waals surface area contributed by atoms with Gasteiger partial charge in [0.05, 0.1) is 17.0 Å². The summed E-state index contributed by atoms with van der Waals surface area (Å²) in [5, 5.41) is 11.2. The van der Waals surface area contributed by atoms with Crippen molar-refractivity contribution >= 4 is 28.2 Å². The van der Waals surface area contributed by atoms with Gasteiger partial charge in [0.1, 0.15) is 0 Å². The molecule has 0 fully saturated rings. The van der Waals surface area contributed by atoms with Crippen LogP contribution in [-0.4, -0.2) is 40.2 Å². The minimum Gasteiger partial charge on any atom is -0.494 e. The first-order valence-electron chi connectivity index (χ1n) is 10.9. The number of nitrogens with two attached hydrogens (primary N) is 1. The summed E-state index contributed by atoms with van der Waals surface area (Å²) in [7, 11) is 2.13. The second kappa shape index (κ2) is 9.71. The Labute approximate surface area is 193 Å². The lowest BCUT2D eigenvalue weighted by Gasteiger charge is -2.16. The van der Waals surface area contributed by atoms with Gasteiger partial charge in [-0.1, -0.05) is 48.5 Å². The SMILES string of the molecule is CC(=Nc1ccc(CN(C)CCc2ccccc2)cc1)c1c(O)[nH]c2cc(C(N)=O)ccc12. The molecule has 0 atom stereocenters. The van der Waals surface area contributed by atoms with Crippen molar-refractivity contribution in [1.82, 2.24) is 9.88 Å². The molecule has 168 valence electrons. The molecular weight excluding hydrogens is 412 g/mol. The third-order valence-corrected chi connectivity index (χ3v) is 5.74. The lowest BCUT2D eigenvalue weighted by molar-refractivity contribution is 0.100. The number of primary amides is 1. The summed E-state index contributed by atoms with van der Waals surface area (Å²) >= 11 is 0. The maximum absolute atomic E-state index is 11.4. The number of likely N-dealkylation sites (N-methyl/N-ethyl adjacent to an activating group) is 1. The Bertz CT molecular complexity index is 1290. The summed E-state index contributed by atoms with van der Waals surface area (Å²) in [4.78, 5) is 21.3. The molecule has 1 heterocycles. The molecule has 4 N–H and O–H groups in total. The van der Waals surface area contributed by atoms with Crippen LogP contribution in [-0.2, 0) is 13.0 Å². The molecule has 0 aliphatic carbocycles. The third kappa shape index (κ3) is 5.30. The Morgan fingerprint density at radius 1 is 1.03 bits per heavy atom. The average molecular weight is 441 g/mol. The Morgan fingerprint density at radius 2 is 1.76 bits per heavy atom. The van der Waals surface area contributed by atoms with Crippen molar-refractivity contribution in [2.45, 2.75) is 19.9 Å². The van der Waals surface area contributed by atoms with Crippen molar-refractivity contribution in [3.05, 3.63) is 95.1 Å². The summed E-state index contributed by atoms with van der Waals surface area (Å²) < 4.78 is 0. The van der Waals surface area contributed by atoms with Gasteiger partial charge in [-0.15, -0.1) is 0 Å². The van der Waals surface area contributed by atoms with Crippen LogP contribution in [0, 0.1) is 0 Å². The lowest BCUT2D eigenvalue weighted by atomic mass is 10.1. The van der Waals surface area contributed by atoms with E-state index in [1.54, 1.807) is 18.2 Å². The van der Waals surface area contributed by atoms with Crippen molar-refractivity contribution in [1.29, 1.82) is 0 Å². The lowest BCUT2D eigenvalue weighted by Crippen LogP contribution is -2.20. The minimum atomic E-state index is -0.510. The number of fused-ring (bicyclic) bond motifs is 1. The van der Waals surface area contributed by atoms with Crippen LogP contribution in [0.15, 0.2) is 77.8 Å². The second-order valence-electron chi connectivity index (χ2n) is 8.31. The molecule has 0 spiro atoms. The average Bonchev–Trinajstić information content (AvgIpc) is 3.14.